The Balaban J connectivity index is 1.93. The van der Waals surface area contributed by atoms with Crippen LogP contribution >= 0.6 is 22.9 Å². The van der Waals surface area contributed by atoms with E-state index in [-0.39, 0.29) is 0 Å². The number of hydrogen-bond donors (Lipinski definition) is 1. The predicted octanol–water partition coefficient (Wildman–Crippen LogP) is 2.99. The van der Waals surface area contributed by atoms with Crippen molar-refractivity contribution in [2.75, 3.05) is 0 Å². The molecule has 0 aliphatic rings. The van der Waals surface area contributed by atoms with Gasteiger partial charge in [-0.1, -0.05) is 11.6 Å². The van der Waals surface area contributed by atoms with Crippen LogP contribution in [0.5, 0.6) is 0 Å². The Morgan fingerprint density at radius 1 is 1.56 bits per heavy atom. The third-order valence-electron chi connectivity index (χ3n) is 2.53. The van der Waals surface area contributed by atoms with Crippen LogP contribution in [-0.4, -0.2) is 9.55 Å². The molecule has 0 aliphatic heterocycles. The highest BCUT2D eigenvalue weighted by Crippen LogP contribution is 2.26. The second-order valence-corrected chi connectivity index (χ2v) is 5.49. The lowest BCUT2D eigenvalue weighted by atomic mass is 10.2. The van der Waals surface area contributed by atoms with Crippen LogP contribution in [0.1, 0.15) is 23.5 Å². The van der Waals surface area contributed by atoms with Crippen LogP contribution in [0.15, 0.2) is 24.7 Å². The first-order valence-corrected chi connectivity index (χ1v) is 6.30. The van der Waals surface area contributed by atoms with Crippen LogP contribution in [0.4, 0.5) is 0 Å². The molecule has 16 heavy (non-hydrogen) atoms. The van der Waals surface area contributed by atoms with Gasteiger partial charge in [0.1, 0.15) is 0 Å². The number of halogens is 1. The molecule has 2 aromatic heterocycles. The molecule has 0 bridgehead atoms. The highest BCUT2D eigenvalue weighted by Gasteiger charge is 2.08. The number of nitrogens with zero attached hydrogens (tertiary/aromatic N) is 2. The summed E-state index contributed by atoms with van der Waals surface area (Å²) >= 11 is 7.52. The van der Waals surface area contributed by atoms with Crippen molar-refractivity contribution < 1.29 is 0 Å². The topological polar surface area (TPSA) is 29.9 Å². The Bertz CT molecular complexity index is 463. The van der Waals surface area contributed by atoms with Crippen molar-refractivity contribution in [3.63, 3.8) is 0 Å². The SMILES string of the molecule is CC(NCc1cncn1C)c1ccc(Cl)s1. The summed E-state index contributed by atoms with van der Waals surface area (Å²) in [7, 11) is 2.00. The average Bonchev–Trinajstić information content (AvgIpc) is 2.84. The maximum atomic E-state index is 5.91. The fourth-order valence-electron chi connectivity index (χ4n) is 1.47. The first-order valence-electron chi connectivity index (χ1n) is 5.10. The number of thiophene rings is 1. The molecular weight excluding hydrogens is 242 g/mol. The largest absolute Gasteiger partial charge is 0.337 e. The average molecular weight is 256 g/mol. The Hall–Kier alpha value is -0.840. The number of hydrogen-bond acceptors (Lipinski definition) is 3. The zero-order valence-corrected chi connectivity index (χ0v) is 10.8. The zero-order chi connectivity index (χ0) is 11.5. The van der Waals surface area contributed by atoms with E-state index in [0.717, 1.165) is 10.9 Å². The molecule has 0 aromatic carbocycles. The van der Waals surface area contributed by atoms with Gasteiger partial charge in [0.15, 0.2) is 0 Å². The lowest BCUT2D eigenvalue weighted by Gasteiger charge is -2.11. The fourth-order valence-corrected chi connectivity index (χ4v) is 2.56. The minimum atomic E-state index is 0.312. The number of aromatic nitrogens is 2. The zero-order valence-electron chi connectivity index (χ0n) is 9.27. The Kier molecular flexibility index (Phi) is 3.63. The second-order valence-electron chi connectivity index (χ2n) is 3.74. The Labute approximate surface area is 104 Å². The smallest absolute Gasteiger partial charge is 0.0945 e. The summed E-state index contributed by atoms with van der Waals surface area (Å²) in [5, 5.41) is 3.45. The van der Waals surface area contributed by atoms with Crippen molar-refractivity contribution >= 4 is 22.9 Å². The molecule has 3 nitrogen and oxygen atoms in total. The van der Waals surface area contributed by atoms with Gasteiger partial charge in [0.25, 0.3) is 0 Å². The summed E-state index contributed by atoms with van der Waals surface area (Å²) in [5.74, 6) is 0. The van der Waals surface area contributed by atoms with Gasteiger partial charge in [-0.15, -0.1) is 11.3 Å². The molecule has 1 unspecified atom stereocenters. The minimum Gasteiger partial charge on any atom is -0.337 e. The van der Waals surface area contributed by atoms with Crippen molar-refractivity contribution in [1.82, 2.24) is 14.9 Å². The van der Waals surface area contributed by atoms with Crippen molar-refractivity contribution in [3.8, 4) is 0 Å². The molecule has 2 rings (SSSR count). The molecule has 2 heterocycles. The van der Waals surface area contributed by atoms with E-state index in [1.807, 2.05) is 30.2 Å². The van der Waals surface area contributed by atoms with Crippen LogP contribution < -0.4 is 5.32 Å². The number of nitrogens with one attached hydrogen (secondary N) is 1. The van der Waals surface area contributed by atoms with E-state index in [9.17, 15) is 0 Å². The third kappa shape index (κ3) is 2.64. The lowest BCUT2D eigenvalue weighted by Crippen LogP contribution is -2.18. The third-order valence-corrected chi connectivity index (χ3v) is 3.94. The molecule has 0 amide bonds. The number of imidazole rings is 1. The molecule has 86 valence electrons. The van der Waals surface area contributed by atoms with Crippen LogP contribution in [-0.2, 0) is 13.6 Å². The predicted molar refractivity (Wildman–Crippen MR) is 67.8 cm³/mol. The molecule has 2 aromatic rings. The second kappa shape index (κ2) is 4.99. The summed E-state index contributed by atoms with van der Waals surface area (Å²) in [6.45, 7) is 2.95. The summed E-state index contributed by atoms with van der Waals surface area (Å²) < 4.78 is 2.85. The van der Waals surface area contributed by atoms with Crippen LogP contribution in [0, 0.1) is 0 Å². The molecule has 0 fully saturated rings. The first-order chi connectivity index (χ1) is 7.66. The van der Waals surface area contributed by atoms with Gasteiger partial charge in [-0.25, -0.2) is 4.98 Å². The molecule has 0 radical (unpaired) electrons. The molecule has 0 aliphatic carbocycles. The van der Waals surface area contributed by atoms with Crippen LogP contribution in [0.25, 0.3) is 0 Å². The van der Waals surface area contributed by atoms with E-state index < -0.39 is 0 Å². The quantitative estimate of drug-likeness (QED) is 0.910. The maximum Gasteiger partial charge on any atom is 0.0945 e. The van der Waals surface area contributed by atoms with Crippen molar-refractivity contribution in [1.29, 1.82) is 0 Å². The molecule has 1 N–H and O–H groups in total. The summed E-state index contributed by atoms with van der Waals surface area (Å²) in [5.41, 5.74) is 1.18. The highest BCUT2D eigenvalue weighted by atomic mass is 35.5. The molecule has 0 spiro atoms. The molecule has 0 saturated carbocycles. The van der Waals surface area contributed by atoms with Crippen molar-refractivity contribution in [2.45, 2.75) is 19.5 Å². The Morgan fingerprint density at radius 3 is 2.94 bits per heavy atom. The monoisotopic (exact) mass is 255 g/mol. The van der Waals surface area contributed by atoms with Gasteiger partial charge < -0.3 is 9.88 Å². The minimum absolute atomic E-state index is 0.312. The number of rotatable bonds is 4. The van der Waals surface area contributed by atoms with Gasteiger partial charge >= 0.3 is 0 Å². The van der Waals surface area contributed by atoms with Crippen LogP contribution in [0.2, 0.25) is 4.34 Å². The molecule has 0 saturated heterocycles. The summed E-state index contributed by atoms with van der Waals surface area (Å²) in [4.78, 5) is 5.34. The summed E-state index contributed by atoms with van der Waals surface area (Å²) in [6, 6.07) is 4.31. The first kappa shape index (κ1) is 11.6. The van der Waals surface area contributed by atoms with E-state index in [1.54, 1.807) is 11.3 Å². The van der Waals surface area contributed by atoms with Gasteiger partial charge in [-0.05, 0) is 19.1 Å². The van der Waals surface area contributed by atoms with E-state index in [4.69, 9.17) is 11.6 Å². The van der Waals surface area contributed by atoms with E-state index >= 15 is 0 Å². The molecular formula is C11H14ClN3S. The number of aryl methyl sites for hydroxylation is 1. The summed E-state index contributed by atoms with van der Waals surface area (Å²) in [6.07, 6.45) is 3.69. The highest BCUT2D eigenvalue weighted by molar-refractivity contribution is 7.16. The maximum absolute atomic E-state index is 5.91. The van der Waals surface area contributed by atoms with Gasteiger partial charge in [-0.2, -0.15) is 0 Å². The fraction of sp³-hybridized carbons (Fsp3) is 0.364. The Morgan fingerprint density at radius 2 is 2.38 bits per heavy atom. The van der Waals surface area contributed by atoms with Gasteiger partial charge in [-0.3, -0.25) is 0 Å². The van der Waals surface area contributed by atoms with Crippen molar-refractivity contribution in [2.24, 2.45) is 7.05 Å². The molecule has 5 heteroatoms. The standard InChI is InChI=1S/C11H14ClN3S/c1-8(10-3-4-11(12)16-10)14-6-9-5-13-7-15(9)2/h3-5,7-8,14H,6H2,1-2H3. The lowest BCUT2D eigenvalue weighted by molar-refractivity contribution is 0.565. The normalized spacial score (nSPS) is 12.9. The van der Waals surface area contributed by atoms with Gasteiger partial charge in [0.05, 0.1) is 16.4 Å². The van der Waals surface area contributed by atoms with E-state index in [1.165, 1.54) is 10.6 Å². The van der Waals surface area contributed by atoms with Gasteiger partial charge in [0, 0.05) is 30.7 Å². The van der Waals surface area contributed by atoms with E-state index in [0.29, 0.717) is 6.04 Å². The van der Waals surface area contributed by atoms with Crippen molar-refractivity contribution in [3.05, 3.63) is 39.6 Å². The van der Waals surface area contributed by atoms with Crippen LogP contribution in [0.3, 0.4) is 0 Å². The molecule has 1 atom stereocenters. The van der Waals surface area contributed by atoms with E-state index in [2.05, 4.69) is 23.3 Å². The van der Waals surface area contributed by atoms with Gasteiger partial charge in [0.2, 0.25) is 0 Å².